The molecule has 0 saturated carbocycles. The Morgan fingerprint density at radius 3 is 2.72 bits per heavy atom. The Hall–Kier alpha value is -3.08. The van der Waals surface area contributed by atoms with E-state index in [9.17, 15) is 13.2 Å². The minimum atomic E-state index is -4.08. The van der Waals surface area contributed by atoms with Crippen LogP contribution in [0.15, 0.2) is 53.1 Å². The summed E-state index contributed by atoms with van der Waals surface area (Å²) in [6.07, 6.45) is 5.57. The Balaban J connectivity index is 1.82. The standard InChI is InChI=1S/C26H30N4O4S2/c1-4-5-12-34-25(31)23-21(13-17(2)3)35-26(36(27,32)33)22(23)19-9-6-8-18(14-19)15-30-16-29-24-20(30)10-7-11-28-24/h6-11,14,16-17H,4-5,12-13,15H2,1-3H3,(H2,27,32,33). The second kappa shape index (κ2) is 10.9. The highest BCUT2D eigenvalue weighted by Crippen LogP contribution is 2.41. The number of fused-ring (bicyclic) bond motifs is 1. The van der Waals surface area contributed by atoms with Gasteiger partial charge in [0.15, 0.2) is 5.65 Å². The molecule has 0 aliphatic carbocycles. The number of carbonyl (C=O) groups is 1. The molecule has 2 N–H and O–H groups in total. The lowest BCUT2D eigenvalue weighted by atomic mass is 9.98. The van der Waals surface area contributed by atoms with Crippen LogP contribution in [0.2, 0.25) is 0 Å². The normalized spacial score (nSPS) is 11.9. The average molecular weight is 527 g/mol. The van der Waals surface area contributed by atoms with E-state index in [1.807, 2.05) is 55.7 Å². The highest BCUT2D eigenvalue weighted by atomic mass is 32.2. The van der Waals surface area contributed by atoms with Gasteiger partial charge < -0.3 is 9.30 Å². The van der Waals surface area contributed by atoms with Crippen molar-refractivity contribution in [3.63, 3.8) is 0 Å². The van der Waals surface area contributed by atoms with Crippen LogP contribution >= 0.6 is 11.3 Å². The van der Waals surface area contributed by atoms with E-state index >= 15 is 0 Å². The van der Waals surface area contributed by atoms with Gasteiger partial charge in [0.25, 0.3) is 0 Å². The first kappa shape index (κ1) is 26.0. The number of hydrogen-bond acceptors (Lipinski definition) is 7. The number of nitrogens with two attached hydrogens (primary N) is 1. The zero-order chi connectivity index (χ0) is 25.9. The molecule has 190 valence electrons. The van der Waals surface area contributed by atoms with Crippen molar-refractivity contribution in [3.8, 4) is 11.1 Å². The predicted octanol–water partition coefficient (Wildman–Crippen LogP) is 5.01. The summed E-state index contributed by atoms with van der Waals surface area (Å²) < 4.78 is 32.8. The summed E-state index contributed by atoms with van der Waals surface area (Å²) in [5, 5.41) is 5.65. The van der Waals surface area contributed by atoms with Crippen LogP contribution in [0.4, 0.5) is 0 Å². The van der Waals surface area contributed by atoms with Crippen LogP contribution in [0.25, 0.3) is 22.3 Å². The number of nitrogens with zero attached hydrogens (tertiary/aromatic N) is 3. The minimum absolute atomic E-state index is 0.0185. The van der Waals surface area contributed by atoms with Gasteiger partial charge in [0.2, 0.25) is 10.0 Å². The van der Waals surface area contributed by atoms with Crippen LogP contribution in [0, 0.1) is 5.92 Å². The smallest absolute Gasteiger partial charge is 0.339 e. The number of unbranched alkanes of at least 4 members (excludes halogenated alkanes) is 1. The highest BCUT2D eigenvalue weighted by Gasteiger charge is 2.31. The molecule has 3 aromatic heterocycles. The molecule has 36 heavy (non-hydrogen) atoms. The molecule has 3 heterocycles. The molecule has 8 nitrogen and oxygen atoms in total. The van der Waals surface area contributed by atoms with E-state index in [-0.39, 0.29) is 16.7 Å². The van der Waals surface area contributed by atoms with Crippen molar-refractivity contribution < 1.29 is 17.9 Å². The van der Waals surface area contributed by atoms with Crippen molar-refractivity contribution in [2.45, 2.75) is 50.8 Å². The fourth-order valence-corrected chi connectivity index (χ4v) is 6.60. The number of esters is 1. The first-order valence-corrected chi connectivity index (χ1v) is 14.3. The number of ether oxygens (including phenoxy) is 1. The van der Waals surface area contributed by atoms with Crippen LogP contribution < -0.4 is 5.14 Å². The molecule has 0 bridgehead atoms. The third kappa shape index (κ3) is 5.66. The third-order valence-electron chi connectivity index (χ3n) is 5.70. The zero-order valence-corrected chi connectivity index (χ0v) is 22.2. The van der Waals surface area contributed by atoms with Gasteiger partial charge in [-0.25, -0.2) is 28.3 Å². The topological polar surface area (TPSA) is 117 Å². The number of aromatic nitrogens is 3. The second-order valence-corrected chi connectivity index (χ2v) is 12.0. The van der Waals surface area contributed by atoms with Crippen molar-refractivity contribution in [2.24, 2.45) is 11.1 Å². The summed E-state index contributed by atoms with van der Waals surface area (Å²) >= 11 is 1.06. The molecular weight excluding hydrogens is 496 g/mol. The summed E-state index contributed by atoms with van der Waals surface area (Å²) in [5.41, 5.74) is 3.68. The van der Waals surface area contributed by atoms with E-state index in [0.717, 1.165) is 35.3 Å². The summed E-state index contributed by atoms with van der Waals surface area (Å²) in [5.74, 6) is -0.307. The number of pyridine rings is 1. The third-order valence-corrected chi connectivity index (χ3v) is 8.37. The average Bonchev–Trinajstić information content (AvgIpc) is 3.41. The van der Waals surface area contributed by atoms with Gasteiger partial charge in [0.1, 0.15) is 4.21 Å². The lowest BCUT2D eigenvalue weighted by Gasteiger charge is -2.12. The summed E-state index contributed by atoms with van der Waals surface area (Å²) in [6.45, 7) is 6.83. The van der Waals surface area contributed by atoms with Crippen LogP contribution in [-0.4, -0.2) is 35.5 Å². The van der Waals surface area contributed by atoms with E-state index in [4.69, 9.17) is 9.88 Å². The van der Waals surface area contributed by atoms with Gasteiger partial charge in [-0.15, -0.1) is 11.3 Å². The second-order valence-electron chi connectivity index (χ2n) is 9.11. The quantitative estimate of drug-likeness (QED) is 0.229. The number of rotatable bonds is 10. The first-order valence-electron chi connectivity index (χ1n) is 11.9. The molecule has 4 aromatic rings. The summed E-state index contributed by atoms with van der Waals surface area (Å²) in [4.78, 5) is 22.6. The highest BCUT2D eigenvalue weighted by molar-refractivity contribution is 7.91. The zero-order valence-electron chi connectivity index (χ0n) is 20.6. The number of thiophene rings is 1. The van der Waals surface area contributed by atoms with Crippen molar-refractivity contribution in [2.75, 3.05) is 6.61 Å². The van der Waals surface area contributed by atoms with Crippen molar-refractivity contribution in [1.82, 2.24) is 14.5 Å². The van der Waals surface area contributed by atoms with Crippen LogP contribution in [0.3, 0.4) is 0 Å². The summed E-state index contributed by atoms with van der Waals surface area (Å²) in [7, 11) is -4.08. The number of imidazole rings is 1. The van der Waals surface area contributed by atoms with Crippen LogP contribution in [-0.2, 0) is 27.7 Å². The number of primary sulfonamides is 1. The maximum absolute atomic E-state index is 13.3. The molecule has 0 saturated heterocycles. The largest absolute Gasteiger partial charge is 0.462 e. The summed E-state index contributed by atoms with van der Waals surface area (Å²) in [6, 6.07) is 11.3. The van der Waals surface area contributed by atoms with Crippen molar-refractivity contribution in [1.29, 1.82) is 0 Å². The van der Waals surface area contributed by atoms with Gasteiger partial charge >= 0.3 is 5.97 Å². The van der Waals surface area contributed by atoms with Gasteiger partial charge in [-0.05, 0) is 48.1 Å². The molecule has 0 aliphatic rings. The van der Waals surface area contributed by atoms with Gasteiger partial charge in [-0.1, -0.05) is 45.4 Å². The lowest BCUT2D eigenvalue weighted by molar-refractivity contribution is 0.0500. The Labute approximate surface area is 215 Å². The van der Waals surface area contributed by atoms with Gasteiger partial charge in [0, 0.05) is 23.2 Å². The molecule has 1 aromatic carbocycles. The van der Waals surface area contributed by atoms with Gasteiger partial charge in [0.05, 0.1) is 24.0 Å². The molecule has 4 rings (SSSR count). The Kier molecular flexibility index (Phi) is 7.87. The monoisotopic (exact) mass is 526 g/mol. The minimum Gasteiger partial charge on any atom is -0.462 e. The van der Waals surface area contributed by atoms with Crippen molar-refractivity contribution >= 4 is 38.5 Å². The number of carbonyl (C=O) groups excluding carboxylic acids is 1. The predicted molar refractivity (Wildman–Crippen MR) is 141 cm³/mol. The number of hydrogen-bond donors (Lipinski definition) is 1. The Bertz CT molecular complexity index is 1490. The van der Waals surface area contributed by atoms with E-state index in [1.165, 1.54) is 0 Å². The molecule has 0 amide bonds. The Morgan fingerprint density at radius 2 is 2.00 bits per heavy atom. The number of sulfonamides is 1. The van der Waals surface area contributed by atoms with E-state index in [0.29, 0.717) is 40.2 Å². The maximum atomic E-state index is 13.3. The first-order chi connectivity index (χ1) is 17.2. The molecule has 10 heteroatoms. The molecule has 0 radical (unpaired) electrons. The molecular formula is C26H30N4O4S2. The van der Waals surface area contributed by atoms with E-state index in [1.54, 1.807) is 18.6 Å². The maximum Gasteiger partial charge on any atom is 0.339 e. The van der Waals surface area contributed by atoms with Gasteiger partial charge in [-0.2, -0.15) is 0 Å². The molecule has 0 fully saturated rings. The SMILES string of the molecule is CCCCOC(=O)c1c(CC(C)C)sc(S(N)(=O)=O)c1-c1cccc(Cn2cnc3ncccc32)c1. The molecule has 0 spiro atoms. The van der Waals surface area contributed by atoms with Crippen LogP contribution in [0.1, 0.15) is 54.4 Å². The van der Waals surface area contributed by atoms with E-state index < -0.39 is 16.0 Å². The van der Waals surface area contributed by atoms with Crippen LogP contribution in [0.5, 0.6) is 0 Å². The molecule has 0 unspecified atom stereocenters. The fourth-order valence-electron chi connectivity index (χ4n) is 4.08. The fraction of sp³-hybridized carbons (Fsp3) is 0.346. The number of benzene rings is 1. The lowest BCUT2D eigenvalue weighted by Crippen LogP contribution is -2.13. The van der Waals surface area contributed by atoms with Gasteiger partial charge in [-0.3, -0.25) is 0 Å². The van der Waals surface area contributed by atoms with Crippen molar-refractivity contribution in [3.05, 3.63) is 64.9 Å². The molecule has 0 aliphatic heterocycles. The Morgan fingerprint density at radius 1 is 1.19 bits per heavy atom. The molecule has 0 atom stereocenters. The van der Waals surface area contributed by atoms with E-state index in [2.05, 4.69) is 9.97 Å².